The minimum atomic E-state index is 0.0489. The minimum absolute atomic E-state index is 0.0489. The van der Waals surface area contributed by atoms with Crippen LogP contribution in [0.4, 0.5) is 11.8 Å². The second kappa shape index (κ2) is 5.73. The van der Waals surface area contributed by atoms with E-state index in [1.54, 1.807) is 17.6 Å². The summed E-state index contributed by atoms with van der Waals surface area (Å²) in [5, 5.41) is 7.65. The van der Waals surface area contributed by atoms with Crippen molar-refractivity contribution in [3.05, 3.63) is 35.1 Å². The number of nitrogens with one attached hydrogen (secondary N) is 2. The van der Waals surface area contributed by atoms with Crippen molar-refractivity contribution in [3.8, 4) is 0 Å². The summed E-state index contributed by atoms with van der Waals surface area (Å²) in [4.78, 5) is 11.4. The van der Waals surface area contributed by atoms with E-state index in [0.717, 1.165) is 28.3 Å². The summed E-state index contributed by atoms with van der Waals surface area (Å²) in [5.74, 6) is 2.38. The highest BCUT2D eigenvalue weighted by Gasteiger charge is 2.14. The van der Waals surface area contributed by atoms with Crippen LogP contribution in [-0.4, -0.2) is 16.5 Å². The summed E-state index contributed by atoms with van der Waals surface area (Å²) in [7, 11) is 0. The summed E-state index contributed by atoms with van der Waals surface area (Å²) in [6.07, 6.45) is 1.68. The summed E-state index contributed by atoms with van der Waals surface area (Å²) in [5.41, 5.74) is 0. The molecule has 3 aromatic heterocycles. The van der Waals surface area contributed by atoms with E-state index in [1.165, 1.54) is 4.88 Å². The third kappa shape index (κ3) is 2.85. The second-order valence-corrected chi connectivity index (χ2v) is 6.12. The van der Waals surface area contributed by atoms with Crippen molar-refractivity contribution in [2.75, 3.05) is 17.2 Å². The largest absolute Gasteiger partial charge is 0.467 e. The Labute approximate surface area is 127 Å². The zero-order chi connectivity index (χ0) is 14.8. The van der Waals surface area contributed by atoms with E-state index >= 15 is 0 Å². The smallest absolute Gasteiger partial charge is 0.226 e. The SMILES string of the molecule is CCNc1nc(NC(C)c2ccco2)c2cc(C)sc2n1. The fourth-order valence-corrected chi connectivity index (χ4v) is 3.08. The van der Waals surface area contributed by atoms with Crippen molar-refractivity contribution in [2.45, 2.75) is 26.8 Å². The van der Waals surface area contributed by atoms with E-state index in [4.69, 9.17) is 4.42 Å². The Bertz CT molecular complexity index is 736. The summed E-state index contributed by atoms with van der Waals surface area (Å²) in [6, 6.07) is 6.02. The monoisotopic (exact) mass is 302 g/mol. The third-order valence-corrected chi connectivity index (χ3v) is 4.12. The summed E-state index contributed by atoms with van der Waals surface area (Å²) < 4.78 is 5.44. The van der Waals surface area contributed by atoms with E-state index in [0.29, 0.717) is 5.95 Å². The van der Waals surface area contributed by atoms with Gasteiger partial charge in [-0.25, -0.2) is 4.98 Å². The first kappa shape index (κ1) is 13.9. The van der Waals surface area contributed by atoms with Gasteiger partial charge >= 0.3 is 0 Å². The molecule has 110 valence electrons. The van der Waals surface area contributed by atoms with Gasteiger partial charge in [-0.2, -0.15) is 4.98 Å². The average molecular weight is 302 g/mol. The van der Waals surface area contributed by atoms with Crippen LogP contribution in [0.5, 0.6) is 0 Å². The van der Waals surface area contributed by atoms with Gasteiger partial charge in [0.15, 0.2) is 0 Å². The first-order valence-corrected chi connectivity index (χ1v) is 7.81. The van der Waals surface area contributed by atoms with Crippen LogP contribution in [0, 0.1) is 6.92 Å². The molecule has 2 N–H and O–H groups in total. The molecule has 1 atom stereocenters. The molecule has 0 saturated heterocycles. The van der Waals surface area contributed by atoms with Crippen LogP contribution in [0.15, 0.2) is 28.9 Å². The van der Waals surface area contributed by atoms with Crippen LogP contribution in [0.25, 0.3) is 10.2 Å². The number of nitrogens with zero attached hydrogens (tertiary/aromatic N) is 2. The lowest BCUT2D eigenvalue weighted by molar-refractivity contribution is 0.490. The maximum atomic E-state index is 5.44. The van der Waals surface area contributed by atoms with E-state index in [1.807, 2.05) is 19.1 Å². The van der Waals surface area contributed by atoms with Crippen molar-refractivity contribution in [3.63, 3.8) is 0 Å². The molecule has 0 fully saturated rings. The molecule has 0 radical (unpaired) electrons. The number of fused-ring (bicyclic) bond motifs is 1. The van der Waals surface area contributed by atoms with Gasteiger partial charge in [0, 0.05) is 11.4 Å². The molecule has 0 amide bonds. The molecule has 3 heterocycles. The van der Waals surface area contributed by atoms with Crippen molar-refractivity contribution in [1.82, 2.24) is 9.97 Å². The van der Waals surface area contributed by atoms with Gasteiger partial charge in [-0.3, -0.25) is 0 Å². The number of aryl methyl sites for hydroxylation is 1. The first-order valence-electron chi connectivity index (χ1n) is 6.99. The normalized spacial score (nSPS) is 12.5. The minimum Gasteiger partial charge on any atom is -0.467 e. The highest BCUT2D eigenvalue weighted by molar-refractivity contribution is 7.18. The molecule has 0 aliphatic carbocycles. The molecule has 0 spiro atoms. The van der Waals surface area contributed by atoms with Gasteiger partial charge < -0.3 is 15.1 Å². The molecule has 0 bridgehead atoms. The standard InChI is InChI=1S/C15H18N4OS/c1-4-16-15-18-13(11-8-9(2)21-14(11)19-15)17-10(3)12-6-5-7-20-12/h5-8,10H,4H2,1-3H3,(H2,16,17,18,19). The maximum absolute atomic E-state index is 5.44. The molecule has 21 heavy (non-hydrogen) atoms. The van der Waals surface area contributed by atoms with Gasteiger partial charge in [0.1, 0.15) is 16.4 Å². The zero-order valence-electron chi connectivity index (χ0n) is 12.3. The highest BCUT2D eigenvalue weighted by atomic mass is 32.1. The average Bonchev–Trinajstić information content (AvgIpc) is 3.07. The lowest BCUT2D eigenvalue weighted by atomic mass is 10.2. The van der Waals surface area contributed by atoms with E-state index in [9.17, 15) is 0 Å². The number of furan rings is 1. The van der Waals surface area contributed by atoms with Crippen molar-refractivity contribution >= 4 is 33.3 Å². The molecule has 3 rings (SSSR count). The Morgan fingerprint density at radius 3 is 2.95 bits per heavy atom. The quantitative estimate of drug-likeness (QED) is 0.739. The molecule has 3 aromatic rings. The van der Waals surface area contributed by atoms with Crippen LogP contribution in [-0.2, 0) is 0 Å². The second-order valence-electron chi connectivity index (χ2n) is 4.88. The molecule has 0 saturated carbocycles. The van der Waals surface area contributed by atoms with Crippen LogP contribution in [0.3, 0.4) is 0 Å². The maximum Gasteiger partial charge on any atom is 0.226 e. The number of hydrogen-bond donors (Lipinski definition) is 2. The van der Waals surface area contributed by atoms with Crippen LogP contribution in [0.1, 0.15) is 30.5 Å². The predicted octanol–water partition coefficient (Wildman–Crippen LogP) is 4.20. The highest BCUT2D eigenvalue weighted by Crippen LogP contribution is 2.31. The Morgan fingerprint density at radius 2 is 2.24 bits per heavy atom. The van der Waals surface area contributed by atoms with Crippen molar-refractivity contribution < 1.29 is 4.42 Å². The number of thiophene rings is 1. The van der Waals surface area contributed by atoms with Gasteiger partial charge in [-0.1, -0.05) is 0 Å². The Hall–Kier alpha value is -2.08. The van der Waals surface area contributed by atoms with Gasteiger partial charge in [-0.15, -0.1) is 11.3 Å². The summed E-state index contributed by atoms with van der Waals surface area (Å²) in [6.45, 7) is 6.97. The summed E-state index contributed by atoms with van der Waals surface area (Å²) >= 11 is 1.68. The van der Waals surface area contributed by atoms with Gasteiger partial charge in [-0.05, 0) is 39.0 Å². The van der Waals surface area contributed by atoms with Gasteiger partial charge in [0.05, 0.1) is 17.7 Å². The first-order chi connectivity index (χ1) is 10.2. The van der Waals surface area contributed by atoms with Crippen molar-refractivity contribution in [2.24, 2.45) is 0 Å². The number of anilines is 2. The Kier molecular flexibility index (Phi) is 3.79. The van der Waals surface area contributed by atoms with Crippen LogP contribution in [0.2, 0.25) is 0 Å². The molecule has 0 aliphatic rings. The third-order valence-electron chi connectivity index (χ3n) is 3.17. The molecular formula is C15H18N4OS. The Morgan fingerprint density at radius 1 is 1.38 bits per heavy atom. The van der Waals surface area contributed by atoms with Crippen LogP contribution >= 0.6 is 11.3 Å². The lowest BCUT2D eigenvalue weighted by Gasteiger charge is -2.14. The fourth-order valence-electron chi connectivity index (χ4n) is 2.20. The fraction of sp³-hybridized carbons (Fsp3) is 0.333. The topological polar surface area (TPSA) is 63.0 Å². The molecular weight excluding hydrogens is 284 g/mol. The number of aromatic nitrogens is 2. The molecule has 1 unspecified atom stereocenters. The van der Waals surface area contributed by atoms with Gasteiger partial charge in [0.2, 0.25) is 5.95 Å². The lowest BCUT2D eigenvalue weighted by Crippen LogP contribution is -2.10. The predicted molar refractivity (Wildman–Crippen MR) is 87.1 cm³/mol. The molecule has 0 aliphatic heterocycles. The molecule has 5 nitrogen and oxygen atoms in total. The van der Waals surface area contributed by atoms with Crippen molar-refractivity contribution in [1.29, 1.82) is 0 Å². The van der Waals surface area contributed by atoms with Gasteiger partial charge in [0.25, 0.3) is 0 Å². The van der Waals surface area contributed by atoms with E-state index in [2.05, 4.69) is 40.5 Å². The van der Waals surface area contributed by atoms with E-state index < -0.39 is 0 Å². The molecule has 0 aromatic carbocycles. The van der Waals surface area contributed by atoms with Crippen LogP contribution < -0.4 is 10.6 Å². The number of hydrogen-bond acceptors (Lipinski definition) is 6. The Balaban J connectivity index is 1.99. The van der Waals surface area contributed by atoms with E-state index in [-0.39, 0.29) is 6.04 Å². The number of rotatable bonds is 5. The zero-order valence-corrected chi connectivity index (χ0v) is 13.1. The molecule has 6 heteroatoms.